The summed E-state index contributed by atoms with van der Waals surface area (Å²) in [6, 6.07) is 4.15. The molecular weight excluding hydrogens is 296 g/mol. The maximum absolute atomic E-state index is 11.9. The predicted molar refractivity (Wildman–Crippen MR) is 78.2 cm³/mol. The molecule has 1 aromatic rings. The number of hydrogen-bond donors (Lipinski definition) is 0. The van der Waals surface area contributed by atoms with Gasteiger partial charge < -0.3 is 4.74 Å². The van der Waals surface area contributed by atoms with E-state index in [9.17, 15) is 14.9 Å². The minimum Gasteiger partial charge on any atom is -0.465 e. The van der Waals surface area contributed by atoms with Crippen LogP contribution in [-0.4, -0.2) is 35.0 Å². The summed E-state index contributed by atoms with van der Waals surface area (Å²) in [5.74, 6) is -0.215. The van der Waals surface area contributed by atoms with E-state index in [-0.39, 0.29) is 17.7 Å². The maximum atomic E-state index is 11.9. The highest BCUT2D eigenvalue weighted by atomic mass is 35.5. The number of halogens is 1. The highest BCUT2D eigenvalue weighted by Gasteiger charge is 2.32. The molecule has 6 nitrogen and oxygen atoms in total. The lowest BCUT2D eigenvalue weighted by atomic mass is 10.1. The molecule has 1 fully saturated rings. The Labute approximate surface area is 127 Å². The molecule has 2 rings (SSSR count). The van der Waals surface area contributed by atoms with Crippen LogP contribution in [0.2, 0.25) is 5.02 Å². The van der Waals surface area contributed by atoms with Crippen LogP contribution in [0.4, 0.5) is 5.69 Å². The Kier molecular flexibility index (Phi) is 5.14. The molecule has 1 aromatic carbocycles. The lowest BCUT2D eigenvalue weighted by Crippen LogP contribution is -2.36. The highest BCUT2D eigenvalue weighted by molar-refractivity contribution is 6.31. The van der Waals surface area contributed by atoms with Crippen molar-refractivity contribution in [2.45, 2.75) is 32.4 Å². The van der Waals surface area contributed by atoms with Gasteiger partial charge in [-0.05, 0) is 37.9 Å². The number of non-ortho nitro benzene ring substituents is 1. The molecule has 1 saturated heterocycles. The SMILES string of the molecule is CCOC(=O)C1CCCN1Cc1ccc([N+](=O)[O-])cc1Cl. The van der Waals surface area contributed by atoms with Crippen molar-refractivity contribution in [3.05, 3.63) is 38.9 Å². The Hall–Kier alpha value is -1.66. The van der Waals surface area contributed by atoms with Crippen LogP contribution in [0, 0.1) is 10.1 Å². The predicted octanol–water partition coefficient (Wildman–Crippen LogP) is 2.78. The molecule has 0 aliphatic carbocycles. The van der Waals surface area contributed by atoms with E-state index in [1.165, 1.54) is 12.1 Å². The number of benzene rings is 1. The Balaban J connectivity index is 2.10. The summed E-state index contributed by atoms with van der Waals surface area (Å²) in [6.45, 7) is 3.42. The summed E-state index contributed by atoms with van der Waals surface area (Å²) in [5.41, 5.74) is 0.741. The third kappa shape index (κ3) is 3.71. The van der Waals surface area contributed by atoms with E-state index in [2.05, 4.69) is 0 Å². The molecule has 0 aromatic heterocycles. The Bertz CT molecular complexity index is 550. The number of nitro benzene ring substituents is 1. The average Bonchev–Trinajstić information content (AvgIpc) is 2.89. The zero-order chi connectivity index (χ0) is 15.4. The minimum absolute atomic E-state index is 0.0351. The molecule has 0 amide bonds. The molecule has 1 atom stereocenters. The molecule has 1 aliphatic rings. The molecule has 0 saturated carbocycles. The molecule has 0 bridgehead atoms. The highest BCUT2D eigenvalue weighted by Crippen LogP contribution is 2.27. The fraction of sp³-hybridized carbons (Fsp3) is 0.500. The van der Waals surface area contributed by atoms with Gasteiger partial charge in [0.15, 0.2) is 0 Å². The monoisotopic (exact) mass is 312 g/mol. The lowest BCUT2D eigenvalue weighted by molar-refractivity contribution is -0.384. The van der Waals surface area contributed by atoms with Crippen LogP contribution < -0.4 is 0 Å². The van der Waals surface area contributed by atoms with E-state index in [1.54, 1.807) is 13.0 Å². The second kappa shape index (κ2) is 6.87. The number of esters is 1. The molecule has 114 valence electrons. The van der Waals surface area contributed by atoms with Gasteiger partial charge in [0.1, 0.15) is 6.04 Å². The summed E-state index contributed by atoms with van der Waals surface area (Å²) < 4.78 is 5.07. The lowest BCUT2D eigenvalue weighted by Gasteiger charge is -2.23. The van der Waals surface area contributed by atoms with Crippen molar-refractivity contribution in [2.24, 2.45) is 0 Å². The average molecular weight is 313 g/mol. The van der Waals surface area contributed by atoms with Crippen LogP contribution in [0.3, 0.4) is 0 Å². The number of nitrogens with zero attached hydrogens (tertiary/aromatic N) is 2. The third-order valence-electron chi connectivity index (χ3n) is 3.54. The van der Waals surface area contributed by atoms with E-state index in [1.807, 2.05) is 4.90 Å². The number of rotatable bonds is 5. The number of ether oxygens (including phenoxy) is 1. The van der Waals surface area contributed by atoms with Gasteiger partial charge in [0.05, 0.1) is 16.6 Å². The Morgan fingerprint density at radius 2 is 2.33 bits per heavy atom. The largest absolute Gasteiger partial charge is 0.465 e. The van der Waals surface area contributed by atoms with Crippen molar-refractivity contribution in [1.29, 1.82) is 0 Å². The first kappa shape index (κ1) is 15.7. The summed E-state index contributed by atoms with van der Waals surface area (Å²) in [5, 5.41) is 11.0. The molecular formula is C14H17ClN2O4. The fourth-order valence-electron chi connectivity index (χ4n) is 2.52. The fourth-order valence-corrected chi connectivity index (χ4v) is 2.75. The van der Waals surface area contributed by atoms with E-state index >= 15 is 0 Å². The van der Waals surface area contributed by atoms with Crippen LogP contribution in [0.15, 0.2) is 18.2 Å². The molecule has 0 N–H and O–H groups in total. The van der Waals surface area contributed by atoms with Crippen molar-refractivity contribution in [3.8, 4) is 0 Å². The number of likely N-dealkylation sites (tertiary alicyclic amines) is 1. The molecule has 0 radical (unpaired) electrons. The molecule has 1 unspecified atom stereocenters. The van der Waals surface area contributed by atoms with Gasteiger partial charge in [-0.2, -0.15) is 0 Å². The summed E-state index contributed by atoms with van der Waals surface area (Å²) in [6.07, 6.45) is 1.69. The van der Waals surface area contributed by atoms with Gasteiger partial charge in [-0.25, -0.2) is 0 Å². The summed E-state index contributed by atoms with van der Waals surface area (Å²) >= 11 is 6.09. The normalized spacial score (nSPS) is 18.7. The minimum atomic E-state index is -0.479. The van der Waals surface area contributed by atoms with Gasteiger partial charge in [-0.15, -0.1) is 0 Å². The molecule has 1 aliphatic heterocycles. The molecule has 1 heterocycles. The van der Waals surface area contributed by atoms with Gasteiger partial charge in [-0.3, -0.25) is 19.8 Å². The summed E-state index contributed by atoms with van der Waals surface area (Å²) in [4.78, 5) is 24.1. The van der Waals surface area contributed by atoms with Crippen molar-refractivity contribution >= 4 is 23.3 Å². The van der Waals surface area contributed by atoms with Crippen molar-refractivity contribution in [2.75, 3.05) is 13.2 Å². The smallest absolute Gasteiger partial charge is 0.323 e. The van der Waals surface area contributed by atoms with E-state index < -0.39 is 4.92 Å². The van der Waals surface area contributed by atoms with Gasteiger partial charge in [0.25, 0.3) is 5.69 Å². The van der Waals surface area contributed by atoms with Crippen LogP contribution >= 0.6 is 11.6 Å². The van der Waals surface area contributed by atoms with Gasteiger partial charge in [0, 0.05) is 18.7 Å². The zero-order valence-corrected chi connectivity index (χ0v) is 12.5. The number of carbonyl (C=O) groups excluding carboxylic acids is 1. The first-order valence-corrected chi connectivity index (χ1v) is 7.24. The van der Waals surface area contributed by atoms with E-state index in [0.717, 1.165) is 24.9 Å². The standard InChI is InChI=1S/C14H17ClN2O4/c1-2-21-14(18)13-4-3-7-16(13)9-10-5-6-11(17(19)20)8-12(10)15/h5-6,8,13H,2-4,7,9H2,1H3. The second-order valence-electron chi connectivity index (χ2n) is 4.91. The first-order valence-electron chi connectivity index (χ1n) is 6.86. The van der Waals surface area contributed by atoms with Crippen LogP contribution in [-0.2, 0) is 16.1 Å². The summed E-state index contributed by atoms with van der Waals surface area (Å²) in [7, 11) is 0. The molecule has 7 heteroatoms. The van der Waals surface area contributed by atoms with Crippen molar-refractivity contribution in [3.63, 3.8) is 0 Å². The molecule has 0 spiro atoms. The van der Waals surface area contributed by atoms with E-state index in [0.29, 0.717) is 18.2 Å². The molecule has 21 heavy (non-hydrogen) atoms. The number of carbonyl (C=O) groups is 1. The second-order valence-corrected chi connectivity index (χ2v) is 5.32. The number of hydrogen-bond acceptors (Lipinski definition) is 5. The van der Waals surface area contributed by atoms with Crippen molar-refractivity contribution < 1.29 is 14.5 Å². The van der Waals surface area contributed by atoms with E-state index in [4.69, 9.17) is 16.3 Å². The third-order valence-corrected chi connectivity index (χ3v) is 3.90. The van der Waals surface area contributed by atoms with Crippen LogP contribution in [0.1, 0.15) is 25.3 Å². The maximum Gasteiger partial charge on any atom is 0.323 e. The topological polar surface area (TPSA) is 72.7 Å². The quantitative estimate of drug-likeness (QED) is 0.475. The van der Waals surface area contributed by atoms with Crippen LogP contribution in [0.5, 0.6) is 0 Å². The van der Waals surface area contributed by atoms with Gasteiger partial charge in [-0.1, -0.05) is 11.6 Å². The van der Waals surface area contributed by atoms with Gasteiger partial charge >= 0.3 is 5.97 Å². The zero-order valence-electron chi connectivity index (χ0n) is 11.8. The number of nitro groups is 1. The van der Waals surface area contributed by atoms with Crippen molar-refractivity contribution in [1.82, 2.24) is 4.90 Å². The Morgan fingerprint density at radius 3 is 2.95 bits per heavy atom. The Morgan fingerprint density at radius 1 is 1.57 bits per heavy atom. The van der Waals surface area contributed by atoms with Crippen LogP contribution in [0.25, 0.3) is 0 Å². The first-order chi connectivity index (χ1) is 10.0. The van der Waals surface area contributed by atoms with Gasteiger partial charge in [0.2, 0.25) is 0 Å².